The van der Waals surface area contributed by atoms with Gasteiger partial charge < -0.3 is 0 Å². The first-order valence-corrected chi connectivity index (χ1v) is 11.4. The largest absolute Gasteiger partial charge is 0.416 e. The zero-order chi connectivity index (χ0) is 25.4. The number of rotatable bonds is 6. The van der Waals surface area contributed by atoms with Crippen LogP contribution in [0.5, 0.6) is 0 Å². The van der Waals surface area contributed by atoms with Crippen LogP contribution >= 0.6 is 0 Å². The van der Waals surface area contributed by atoms with Gasteiger partial charge in [0, 0.05) is 17.1 Å². The van der Waals surface area contributed by atoms with Gasteiger partial charge >= 0.3 is 6.18 Å². The van der Waals surface area contributed by atoms with Crippen LogP contribution in [0.3, 0.4) is 0 Å². The van der Waals surface area contributed by atoms with Crippen LogP contribution in [0.2, 0.25) is 0 Å². The van der Waals surface area contributed by atoms with E-state index in [1.165, 1.54) is 18.5 Å². The first kappa shape index (κ1) is 24.1. The molecule has 0 amide bonds. The minimum Gasteiger partial charge on any atom is -0.277 e. The molecule has 4 rings (SSSR count). The molecule has 13 heteroatoms. The summed E-state index contributed by atoms with van der Waals surface area (Å²) in [4.78, 5) is 3.24. The summed E-state index contributed by atoms with van der Waals surface area (Å²) in [7, 11) is -4.75. The van der Waals surface area contributed by atoms with E-state index in [1.54, 1.807) is 6.07 Å². The maximum atomic E-state index is 15.1. The maximum absolute atomic E-state index is 15.1. The number of aromatic amines is 1. The van der Waals surface area contributed by atoms with Crippen LogP contribution in [0.25, 0.3) is 11.0 Å². The van der Waals surface area contributed by atoms with Gasteiger partial charge in [0.05, 0.1) is 34.0 Å². The highest BCUT2D eigenvalue weighted by molar-refractivity contribution is 7.92. The lowest BCUT2D eigenvalue weighted by Crippen LogP contribution is -2.17. The monoisotopic (exact) mass is 507 g/mol. The Morgan fingerprint density at radius 2 is 1.83 bits per heavy atom. The van der Waals surface area contributed by atoms with Crippen molar-refractivity contribution in [3.63, 3.8) is 0 Å². The van der Waals surface area contributed by atoms with Gasteiger partial charge in [-0.25, -0.2) is 22.2 Å². The summed E-state index contributed by atoms with van der Waals surface area (Å²) >= 11 is 0. The number of halogens is 5. The molecule has 2 heterocycles. The molecule has 0 spiro atoms. The molecule has 2 aromatic heterocycles. The number of aryl methyl sites for hydroxylation is 1. The van der Waals surface area contributed by atoms with Crippen molar-refractivity contribution in [3.8, 4) is 6.07 Å². The highest BCUT2D eigenvalue weighted by atomic mass is 32.2. The number of benzene rings is 2. The molecular formula is C22H14F5N5O2S. The Morgan fingerprint density at radius 3 is 2.54 bits per heavy atom. The molecular weight excluding hydrogens is 493 g/mol. The van der Waals surface area contributed by atoms with Gasteiger partial charge in [-0.3, -0.25) is 9.82 Å². The Hall–Kier alpha value is -4.05. The SMILES string of the molecule is N#Cc1cc(C(F)(F)F)cc(S(=O)(=O)Nc2ccc(F)c(CCc3cnc4[nH]ncc4c3)c2F)c1. The third-order valence-corrected chi connectivity index (χ3v) is 6.46. The average Bonchev–Trinajstić information content (AvgIpc) is 3.28. The Balaban J connectivity index is 1.62. The van der Waals surface area contributed by atoms with Crippen molar-refractivity contribution < 1.29 is 30.4 Å². The lowest BCUT2D eigenvalue weighted by molar-refractivity contribution is -0.137. The number of alkyl halides is 3. The summed E-state index contributed by atoms with van der Waals surface area (Å²) in [5, 5.41) is 16.2. The van der Waals surface area contributed by atoms with Crippen LogP contribution in [0.4, 0.5) is 27.6 Å². The van der Waals surface area contributed by atoms with Crippen molar-refractivity contribution in [1.82, 2.24) is 15.2 Å². The number of pyridine rings is 1. The molecule has 0 atom stereocenters. The summed E-state index contributed by atoms with van der Waals surface area (Å²) in [5.41, 5.74) is -1.79. The molecule has 0 aliphatic rings. The molecule has 0 aliphatic carbocycles. The van der Waals surface area contributed by atoms with E-state index in [-0.39, 0.29) is 12.8 Å². The molecule has 35 heavy (non-hydrogen) atoms. The number of nitriles is 1. The molecule has 7 nitrogen and oxygen atoms in total. The number of nitrogens with zero attached hydrogens (tertiary/aromatic N) is 3. The van der Waals surface area contributed by atoms with Crippen molar-refractivity contribution in [2.24, 2.45) is 0 Å². The molecule has 0 saturated carbocycles. The summed E-state index contributed by atoms with van der Waals surface area (Å²) in [5.74, 6) is -2.13. The summed E-state index contributed by atoms with van der Waals surface area (Å²) in [6.07, 6.45) is -1.87. The molecule has 0 unspecified atom stereocenters. The van der Waals surface area contributed by atoms with Crippen molar-refractivity contribution in [3.05, 3.63) is 82.7 Å². The van der Waals surface area contributed by atoms with Crippen LogP contribution in [0.1, 0.15) is 22.3 Å². The number of anilines is 1. The normalized spacial score (nSPS) is 12.0. The second-order valence-corrected chi connectivity index (χ2v) is 9.18. The number of hydrogen-bond donors (Lipinski definition) is 2. The first-order valence-electron chi connectivity index (χ1n) is 9.88. The molecule has 2 aromatic carbocycles. The van der Waals surface area contributed by atoms with Crippen molar-refractivity contribution in [2.45, 2.75) is 23.9 Å². The fourth-order valence-corrected chi connectivity index (χ4v) is 4.51. The van der Waals surface area contributed by atoms with Gasteiger partial charge in [-0.2, -0.15) is 23.5 Å². The highest BCUT2D eigenvalue weighted by Crippen LogP contribution is 2.32. The van der Waals surface area contributed by atoms with E-state index in [4.69, 9.17) is 5.26 Å². The van der Waals surface area contributed by atoms with Crippen molar-refractivity contribution in [1.29, 1.82) is 5.26 Å². The second-order valence-electron chi connectivity index (χ2n) is 7.50. The van der Waals surface area contributed by atoms with Gasteiger partial charge in [0.1, 0.15) is 5.82 Å². The Kier molecular flexibility index (Phi) is 6.16. The summed E-state index contributed by atoms with van der Waals surface area (Å²) < 4.78 is 96.1. The summed E-state index contributed by atoms with van der Waals surface area (Å²) in [6, 6.07) is 6.40. The molecule has 4 aromatic rings. The zero-order valence-corrected chi connectivity index (χ0v) is 18.3. The van der Waals surface area contributed by atoms with E-state index in [0.29, 0.717) is 28.7 Å². The van der Waals surface area contributed by atoms with Crippen LogP contribution in [0, 0.1) is 23.0 Å². The van der Waals surface area contributed by atoms with Gasteiger partial charge in [-0.05, 0) is 54.8 Å². The van der Waals surface area contributed by atoms with Crippen LogP contribution < -0.4 is 4.72 Å². The van der Waals surface area contributed by atoms with Crippen LogP contribution in [-0.4, -0.2) is 23.6 Å². The fraction of sp³-hybridized carbons (Fsp3) is 0.136. The third kappa shape index (κ3) is 5.07. The maximum Gasteiger partial charge on any atom is 0.416 e. The van der Waals surface area contributed by atoms with Gasteiger partial charge in [0.15, 0.2) is 11.5 Å². The molecule has 180 valence electrons. The molecule has 0 radical (unpaired) electrons. The predicted octanol–water partition coefficient (Wildman–Crippen LogP) is 4.71. The van der Waals surface area contributed by atoms with Crippen molar-refractivity contribution >= 4 is 26.7 Å². The molecule has 0 saturated heterocycles. The minimum absolute atomic E-state index is 0.152. The Labute approximate surface area is 195 Å². The topological polar surface area (TPSA) is 112 Å². The second kappa shape index (κ2) is 8.95. The van der Waals surface area contributed by atoms with E-state index < -0.39 is 55.1 Å². The van der Waals surface area contributed by atoms with Crippen LogP contribution in [-0.2, 0) is 29.0 Å². The van der Waals surface area contributed by atoms with E-state index in [2.05, 4.69) is 15.2 Å². The average molecular weight is 507 g/mol. The molecule has 2 N–H and O–H groups in total. The Morgan fingerprint density at radius 1 is 1.06 bits per heavy atom. The smallest absolute Gasteiger partial charge is 0.277 e. The number of nitrogens with one attached hydrogen (secondary N) is 2. The highest BCUT2D eigenvalue weighted by Gasteiger charge is 2.33. The van der Waals surface area contributed by atoms with Gasteiger partial charge in [0.25, 0.3) is 10.0 Å². The Bertz CT molecular complexity index is 1580. The molecule has 0 fully saturated rings. The number of aromatic nitrogens is 3. The van der Waals surface area contributed by atoms with Gasteiger partial charge in [-0.15, -0.1) is 0 Å². The van der Waals surface area contributed by atoms with Gasteiger partial charge in [-0.1, -0.05) is 0 Å². The predicted molar refractivity (Wildman–Crippen MR) is 115 cm³/mol. The van der Waals surface area contributed by atoms with Crippen LogP contribution in [0.15, 0.2) is 53.7 Å². The third-order valence-electron chi connectivity index (χ3n) is 5.12. The standard InChI is InChI=1S/C22H14F5N5O2S/c23-18-3-4-19(20(24)17(18)2-1-12-5-14-11-30-31-21(14)29-10-12)32-35(33,34)16-7-13(9-28)6-15(8-16)22(25,26)27/h3-8,10-11,32H,1-2H2,(H,29,30,31). The number of sulfonamides is 1. The van der Waals surface area contributed by atoms with E-state index in [9.17, 15) is 26.0 Å². The zero-order valence-electron chi connectivity index (χ0n) is 17.5. The lowest BCUT2D eigenvalue weighted by Gasteiger charge is -2.14. The first-order chi connectivity index (χ1) is 16.5. The summed E-state index contributed by atoms with van der Waals surface area (Å²) in [6.45, 7) is 0. The quantitative estimate of drug-likeness (QED) is 0.367. The van der Waals surface area contributed by atoms with Gasteiger partial charge in [0.2, 0.25) is 0 Å². The fourth-order valence-electron chi connectivity index (χ4n) is 3.38. The van der Waals surface area contributed by atoms with E-state index in [0.717, 1.165) is 18.2 Å². The lowest BCUT2D eigenvalue weighted by atomic mass is 10.0. The number of H-pyrrole nitrogens is 1. The number of fused-ring (bicyclic) bond motifs is 1. The van der Waals surface area contributed by atoms with E-state index >= 15 is 4.39 Å². The minimum atomic E-state index is -4.92. The van der Waals surface area contributed by atoms with Crippen molar-refractivity contribution in [2.75, 3.05) is 4.72 Å². The molecule has 0 bridgehead atoms. The van der Waals surface area contributed by atoms with E-state index in [1.807, 2.05) is 4.72 Å². The number of hydrogen-bond acceptors (Lipinski definition) is 5. The molecule has 0 aliphatic heterocycles.